The minimum absolute atomic E-state index is 0.264. The van der Waals surface area contributed by atoms with Crippen molar-refractivity contribution in [3.8, 4) is 0 Å². The van der Waals surface area contributed by atoms with Gasteiger partial charge in [0.2, 0.25) is 0 Å². The van der Waals surface area contributed by atoms with Gasteiger partial charge < -0.3 is 4.90 Å². The first-order valence-corrected chi connectivity index (χ1v) is 4.24. The summed E-state index contributed by atoms with van der Waals surface area (Å²) in [5, 5.41) is 0. The zero-order chi connectivity index (χ0) is 11.6. The molecule has 82 valence electrons. The van der Waals surface area contributed by atoms with Crippen LogP contribution in [0.5, 0.6) is 0 Å². The van der Waals surface area contributed by atoms with E-state index in [-0.39, 0.29) is 5.82 Å². The van der Waals surface area contributed by atoms with Crippen LogP contribution in [0, 0.1) is 0 Å². The van der Waals surface area contributed by atoms with Gasteiger partial charge >= 0.3 is 6.18 Å². The molecule has 0 saturated carbocycles. The molecule has 1 aromatic rings. The maximum Gasteiger partial charge on any atom is 0.433 e. The second kappa shape index (κ2) is 3.92. The fraction of sp³-hybridized carbons (Fsp3) is 0.300. The summed E-state index contributed by atoms with van der Waals surface area (Å²) in [5.41, 5.74) is -0.315. The third-order valence-corrected chi connectivity index (χ3v) is 1.84. The first kappa shape index (κ1) is 11.6. The van der Waals surface area contributed by atoms with Crippen molar-refractivity contribution in [1.82, 2.24) is 4.98 Å². The van der Waals surface area contributed by atoms with Crippen molar-refractivity contribution >= 4 is 11.9 Å². The quantitative estimate of drug-likeness (QED) is 0.755. The number of alkyl halides is 3. The minimum atomic E-state index is -4.41. The summed E-state index contributed by atoms with van der Waals surface area (Å²) >= 11 is 0. The zero-order valence-electron chi connectivity index (χ0n) is 8.47. The lowest BCUT2D eigenvalue weighted by Crippen LogP contribution is -2.16. The summed E-state index contributed by atoms with van der Waals surface area (Å²) in [4.78, 5) is 5.06. The summed E-state index contributed by atoms with van der Waals surface area (Å²) in [7, 11) is 3.27. The van der Waals surface area contributed by atoms with Crippen molar-refractivity contribution in [3.05, 3.63) is 30.0 Å². The Hall–Kier alpha value is -1.52. The minimum Gasteiger partial charge on any atom is -0.362 e. The Morgan fingerprint density at radius 2 is 1.93 bits per heavy atom. The Kier molecular flexibility index (Phi) is 3.02. The van der Waals surface area contributed by atoms with Crippen LogP contribution in [0.3, 0.4) is 0 Å². The van der Waals surface area contributed by atoms with E-state index in [1.807, 2.05) is 0 Å². The number of anilines is 1. The molecule has 1 aromatic heterocycles. The summed E-state index contributed by atoms with van der Waals surface area (Å²) in [6, 6.07) is 2.31. The molecule has 0 unspecified atom stereocenters. The normalized spacial score (nSPS) is 11.3. The molecule has 1 heterocycles. The predicted molar refractivity (Wildman–Crippen MR) is 53.7 cm³/mol. The van der Waals surface area contributed by atoms with Crippen LogP contribution < -0.4 is 4.90 Å². The molecule has 0 aliphatic carbocycles. The van der Waals surface area contributed by atoms with Crippen LogP contribution in [-0.4, -0.2) is 19.1 Å². The molecule has 0 saturated heterocycles. The third kappa shape index (κ3) is 2.49. The average molecular weight is 216 g/mol. The molecule has 0 aliphatic heterocycles. The number of halogens is 3. The number of pyridine rings is 1. The standard InChI is InChI=1S/C10H11F3N2/c1-4-7-5-6-8(10(11,12)13)14-9(7)15(2)3/h4-6H,1H2,2-3H3. The summed E-state index contributed by atoms with van der Waals surface area (Å²) in [6.07, 6.45) is -2.94. The molecule has 0 bridgehead atoms. The van der Waals surface area contributed by atoms with Crippen molar-refractivity contribution in [2.24, 2.45) is 0 Å². The van der Waals surface area contributed by atoms with E-state index in [4.69, 9.17) is 0 Å². The van der Waals surface area contributed by atoms with E-state index in [1.54, 1.807) is 14.1 Å². The number of rotatable bonds is 2. The fourth-order valence-corrected chi connectivity index (χ4v) is 1.13. The Morgan fingerprint density at radius 3 is 2.33 bits per heavy atom. The smallest absolute Gasteiger partial charge is 0.362 e. The van der Waals surface area contributed by atoms with Gasteiger partial charge in [-0.1, -0.05) is 12.7 Å². The first-order chi connectivity index (χ1) is 6.86. The van der Waals surface area contributed by atoms with E-state index in [1.165, 1.54) is 17.0 Å². The van der Waals surface area contributed by atoms with Gasteiger partial charge in [-0.05, 0) is 12.1 Å². The van der Waals surface area contributed by atoms with Crippen LogP contribution in [0.1, 0.15) is 11.3 Å². The van der Waals surface area contributed by atoms with Gasteiger partial charge in [0.25, 0.3) is 0 Å². The van der Waals surface area contributed by atoms with Crippen LogP contribution in [0.25, 0.3) is 6.08 Å². The lowest BCUT2D eigenvalue weighted by atomic mass is 10.2. The molecular weight excluding hydrogens is 205 g/mol. The Labute approximate surface area is 86.0 Å². The molecule has 0 aromatic carbocycles. The van der Waals surface area contributed by atoms with Crippen molar-refractivity contribution in [1.29, 1.82) is 0 Å². The molecule has 0 amide bonds. The zero-order valence-corrected chi connectivity index (χ0v) is 8.47. The Morgan fingerprint density at radius 1 is 1.33 bits per heavy atom. The Balaban J connectivity index is 3.28. The van der Waals surface area contributed by atoms with Crippen molar-refractivity contribution in [3.63, 3.8) is 0 Å². The number of hydrogen-bond acceptors (Lipinski definition) is 2. The lowest BCUT2D eigenvalue weighted by Gasteiger charge is -2.16. The molecule has 0 radical (unpaired) electrons. The van der Waals surface area contributed by atoms with E-state index in [0.29, 0.717) is 5.56 Å². The van der Waals surface area contributed by atoms with Gasteiger partial charge in [0.15, 0.2) is 0 Å². The molecule has 0 N–H and O–H groups in total. The molecule has 2 nitrogen and oxygen atoms in total. The molecular formula is C10H11F3N2. The van der Waals surface area contributed by atoms with Crippen LogP contribution in [0.4, 0.5) is 19.0 Å². The van der Waals surface area contributed by atoms with Gasteiger partial charge in [0.05, 0.1) is 0 Å². The second-order valence-electron chi connectivity index (χ2n) is 3.21. The van der Waals surface area contributed by atoms with Crippen molar-refractivity contribution in [2.45, 2.75) is 6.18 Å². The lowest BCUT2D eigenvalue weighted by molar-refractivity contribution is -0.141. The average Bonchev–Trinajstić information content (AvgIpc) is 2.15. The SMILES string of the molecule is C=Cc1ccc(C(F)(F)F)nc1N(C)C. The summed E-state index contributed by atoms with van der Waals surface area (Å²) < 4.78 is 37.1. The first-order valence-electron chi connectivity index (χ1n) is 4.24. The predicted octanol–water partition coefficient (Wildman–Crippen LogP) is 2.81. The maximum atomic E-state index is 12.4. The van der Waals surface area contributed by atoms with Gasteiger partial charge in [-0.25, -0.2) is 4.98 Å². The summed E-state index contributed by atoms with van der Waals surface area (Å²) in [5.74, 6) is 0.264. The van der Waals surface area contributed by atoms with E-state index in [9.17, 15) is 13.2 Å². The molecule has 0 aliphatic rings. The summed E-state index contributed by atoms with van der Waals surface area (Å²) in [6.45, 7) is 3.52. The van der Waals surface area contributed by atoms with Crippen LogP contribution in [0.15, 0.2) is 18.7 Å². The largest absolute Gasteiger partial charge is 0.433 e. The van der Waals surface area contributed by atoms with Crippen molar-refractivity contribution < 1.29 is 13.2 Å². The van der Waals surface area contributed by atoms with E-state index < -0.39 is 11.9 Å². The Bertz CT molecular complexity index is 369. The number of aromatic nitrogens is 1. The second-order valence-corrected chi connectivity index (χ2v) is 3.21. The van der Waals surface area contributed by atoms with E-state index in [2.05, 4.69) is 11.6 Å². The molecule has 1 rings (SSSR count). The fourth-order valence-electron chi connectivity index (χ4n) is 1.13. The highest BCUT2D eigenvalue weighted by Crippen LogP contribution is 2.30. The topological polar surface area (TPSA) is 16.1 Å². The van der Waals surface area contributed by atoms with Gasteiger partial charge in [0, 0.05) is 19.7 Å². The van der Waals surface area contributed by atoms with Gasteiger partial charge in [0.1, 0.15) is 11.5 Å². The third-order valence-electron chi connectivity index (χ3n) is 1.84. The highest BCUT2D eigenvalue weighted by molar-refractivity contribution is 5.62. The molecule has 0 spiro atoms. The van der Waals surface area contributed by atoms with E-state index >= 15 is 0 Å². The van der Waals surface area contributed by atoms with Crippen molar-refractivity contribution in [2.75, 3.05) is 19.0 Å². The highest BCUT2D eigenvalue weighted by atomic mass is 19.4. The van der Waals surface area contributed by atoms with Crippen LogP contribution in [-0.2, 0) is 6.18 Å². The van der Waals surface area contributed by atoms with Crippen LogP contribution in [0.2, 0.25) is 0 Å². The molecule has 0 fully saturated rings. The number of nitrogens with zero attached hydrogens (tertiary/aromatic N) is 2. The van der Waals surface area contributed by atoms with Gasteiger partial charge in [-0.3, -0.25) is 0 Å². The highest BCUT2D eigenvalue weighted by Gasteiger charge is 2.33. The number of hydrogen-bond donors (Lipinski definition) is 0. The monoisotopic (exact) mass is 216 g/mol. The van der Waals surface area contributed by atoms with Gasteiger partial charge in [-0.2, -0.15) is 13.2 Å². The molecule has 5 heteroatoms. The molecule has 0 atom stereocenters. The van der Waals surface area contributed by atoms with E-state index in [0.717, 1.165) is 6.07 Å². The van der Waals surface area contributed by atoms with Gasteiger partial charge in [-0.15, -0.1) is 0 Å². The molecule has 15 heavy (non-hydrogen) atoms. The maximum absolute atomic E-state index is 12.4. The van der Waals surface area contributed by atoms with Crippen LogP contribution >= 0.6 is 0 Å².